The van der Waals surface area contributed by atoms with Gasteiger partial charge < -0.3 is 10.1 Å². The van der Waals surface area contributed by atoms with Crippen LogP contribution < -0.4 is 10.1 Å². The number of ether oxygens (including phenoxy) is 1. The van der Waals surface area contributed by atoms with E-state index in [1.807, 2.05) is 4.90 Å². The molecule has 0 saturated carbocycles. The number of piperazine rings is 1. The van der Waals surface area contributed by atoms with Gasteiger partial charge in [-0.3, -0.25) is 4.90 Å². The van der Waals surface area contributed by atoms with Gasteiger partial charge in [0.05, 0.1) is 11.6 Å². The van der Waals surface area contributed by atoms with E-state index >= 15 is 0 Å². The van der Waals surface area contributed by atoms with Gasteiger partial charge in [0.15, 0.2) is 0 Å². The Balaban J connectivity index is 0.00000240. The molecule has 2 aromatic carbocycles. The van der Waals surface area contributed by atoms with Crippen molar-refractivity contribution in [3.05, 3.63) is 63.6 Å². The topological polar surface area (TPSA) is 24.5 Å². The molecule has 1 fully saturated rings. The van der Waals surface area contributed by atoms with E-state index in [9.17, 15) is 26.3 Å². The number of hydrogen-bond acceptors (Lipinski definition) is 3. The minimum Gasteiger partial charge on any atom is -0.406 e. The fourth-order valence-corrected chi connectivity index (χ4v) is 3.77. The molecule has 2 aromatic rings. The summed E-state index contributed by atoms with van der Waals surface area (Å²) in [4.78, 5) is 2.00. The average molecular weight is 556 g/mol. The van der Waals surface area contributed by atoms with Crippen LogP contribution in [0.15, 0.2) is 46.9 Å². The van der Waals surface area contributed by atoms with Crippen molar-refractivity contribution < 1.29 is 31.1 Å². The summed E-state index contributed by atoms with van der Waals surface area (Å²) >= 11 is 3.33. The van der Waals surface area contributed by atoms with Crippen molar-refractivity contribution in [2.45, 2.75) is 18.6 Å². The second-order valence-electron chi connectivity index (χ2n) is 6.54. The second kappa shape index (κ2) is 11.1. The predicted octanol–water partition coefficient (Wildman–Crippen LogP) is 6.20. The van der Waals surface area contributed by atoms with Crippen LogP contribution in [0.5, 0.6) is 5.75 Å². The van der Waals surface area contributed by atoms with E-state index < -0.39 is 24.1 Å². The van der Waals surface area contributed by atoms with E-state index in [0.29, 0.717) is 41.8 Å². The van der Waals surface area contributed by atoms with Gasteiger partial charge in [0.1, 0.15) is 5.75 Å². The maximum absolute atomic E-state index is 13.3. The van der Waals surface area contributed by atoms with E-state index in [1.165, 1.54) is 30.3 Å². The van der Waals surface area contributed by atoms with Gasteiger partial charge in [-0.15, -0.1) is 38.0 Å². The number of nitrogens with zero attached hydrogens (tertiary/aromatic N) is 1. The first kappa shape index (κ1) is 27.8. The van der Waals surface area contributed by atoms with Gasteiger partial charge in [-0.05, 0) is 41.5 Å². The standard InChI is InChI=1S/C19H17BrF6N2O.2ClH/c20-16-6-3-13(18(21,22)23)11-15(16)17(28-9-7-27-8-10-28)12-1-4-14(5-2-12)29-19(24,25)26;;/h1-6,11,17,27H,7-10H2;2*1H/t17-;;/m1../s1. The highest BCUT2D eigenvalue weighted by Gasteiger charge is 2.34. The minimum absolute atomic E-state index is 0. The lowest BCUT2D eigenvalue weighted by Crippen LogP contribution is -2.45. The third-order valence-electron chi connectivity index (χ3n) is 4.56. The van der Waals surface area contributed by atoms with Crippen LogP contribution in [0.25, 0.3) is 0 Å². The summed E-state index contributed by atoms with van der Waals surface area (Å²) in [5, 5.41) is 3.18. The summed E-state index contributed by atoms with van der Waals surface area (Å²) in [5.74, 6) is -0.386. The van der Waals surface area contributed by atoms with Crippen LogP contribution >= 0.6 is 40.7 Å². The van der Waals surface area contributed by atoms with Crippen molar-refractivity contribution in [2.24, 2.45) is 0 Å². The van der Waals surface area contributed by atoms with E-state index in [2.05, 4.69) is 26.0 Å². The molecule has 12 heteroatoms. The molecule has 3 rings (SSSR count). The molecule has 31 heavy (non-hydrogen) atoms. The zero-order valence-electron chi connectivity index (χ0n) is 15.8. The van der Waals surface area contributed by atoms with Crippen molar-refractivity contribution in [1.29, 1.82) is 0 Å². The number of benzene rings is 2. The second-order valence-corrected chi connectivity index (χ2v) is 7.39. The smallest absolute Gasteiger partial charge is 0.406 e. The van der Waals surface area contributed by atoms with E-state index in [1.54, 1.807) is 0 Å². The Morgan fingerprint density at radius 1 is 0.903 bits per heavy atom. The SMILES string of the molecule is Cl.Cl.FC(F)(F)Oc1ccc([C@H](c2cc(C(F)(F)F)ccc2Br)N2CCNCC2)cc1. The van der Waals surface area contributed by atoms with Crippen LogP contribution in [-0.4, -0.2) is 37.4 Å². The molecule has 1 atom stereocenters. The summed E-state index contributed by atoms with van der Waals surface area (Å²) in [5.41, 5.74) is 0.181. The number of nitrogens with one attached hydrogen (secondary N) is 1. The Labute approximate surface area is 196 Å². The Hall–Kier alpha value is -1.20. The highest BCUT2D eigenvalue weighted by molar-refractivity contribution is 9.10. The molecule has 0 bridgehead atoms. The average Bonchev–Trinajstić information content (AvgIpc) is 2.63. The molecule has 0 radical (unpaired) electrons. The summed E-state index contributed by atoms with van der Waals surface area (Å²) in [6.07, 6.45) is -9.32. The molecule has 1 heterocycles. The number of hydrogen-bond donors (Lipinski definition) is 1. The van der Waals surface area contributed by atoms with Crippen molar-refractivity contribution in [2.75, 3.05) is 26.2 Å². The maximum Gasteiger partial charge on any atom is 0.573 e. The lowest BCUT2D eigenvalue weighted by atomic mass is 9.94. The molecule has 0 aliphatic carbocycles. The predicted molar refractivity (Wildman–Crippen MR) is 113 cm³/mol. The number of alkyl halides is 6. The molecular weight excluding hydrogens is 537 g/mol. The van der Waals surface area contributed by atoms with Gasteiger partial charge in [0, 0.05) is 30.7 Å². The third kappa shape index (κ3) is 7.42. The van der Waals surface area contributed by atoms with Gasteiger partial charge in [0.2, 0.25) is 0 Å². The van der Waals surface area contributed by atoms with Gasteiger partial charge >= 0.3 is 12.5 Å². The minimum atomic E-state index is -4.82. The van der Waals surface area contributed by atoms with Crippen molar-refractivity contribution in [3.63, 3.8) is 0 Å². The number of halogens is 9. The zero-order valence-corrected chi connectivity index (χ0v) is 19.0. The van der Waals surface area contributed by atoms with E-state index in [4.69, 9.17) is 0 Å². The van der Waals surface area contributed by atoms with Crippen LogP contribution in [-0.2, 0) is 6.18 Å². The fourth-order valence-electron chi connectivity index (χ4n) is 3.31. The normalized spacial score (nSPS) is 16.1. The number of rotatable bonds is 4. The Bertz CT molecular complexity index is 843. The summed E-state index contributed by atoms with van der Waals surface area (Å²) in [6.45, 7) is 2.47. The highest BCUT2D eigenvalue weighted by Crippen LogP contribution is 2.39. The molecule has 1 aliphatic rings. The van der Waals surface area contributed by atoms with Crippen molar-refractivity contribution in [1.82, 2.24) is 10.2 Å². The quantitative estimate of drug-likeness (QED) is 0.454. The van der Waals surface area contributed by atoms with Crippen LogP contribution in [0.4, 0.5) is 26.3 Å². The first-order valence-electron chi connectivity index (χ1n) is 8.72. The van der Waals surface area contributed by atoms with E-state index in [0.717, 1.165) is 12.1 Å². The largest absolute Gasteiger partial charge is 0.573 e. The van der Waals surface area contributed by atoms with Crippen LogP contribution in [0.1, 0.15) is 22.7 Å². The lowest BCUT2D eigenvalue weighted by molar-refractivity contribution is -0.274. The van der Waals surface area contributed by atoms with Gasteiger partial charge in [-0.1, -0.05) is 28.1 Å². The van der Waals surface area contributed by atoms with Gasteiger partial charge in [-0.25, -0.2) is 0 Å². The van der Waals surface area contributed by atoms with Crippen molar-refractivity contribution >= 4 is 40.7 Å². The summed E-state index contributed by atoms with van der Waals surface area (Å²) in [7, 11) is 0. The monoisotopic (exact) mass is 554 g/mol. The summed E-state index contributed by atoms with van der Waals surface area (Å²) < 4.78 is 81.4. The van der Waals surface area contributed by atoms with Gasteiger partial charge in [0.25, 0.3) is 0 Å². The zero-order chi connectivity index (χ0) is 21.2. The first-order chi connectivity index (χ1) is 13.5. The summed E-state index contributed by atoms with van der Waals surface area (Å²) in [6, 6.07) is 8.07. The van der Waals surface area contributed by atoms with E-state index in [-0.39, 0.29) is 30.6 Å². The molecule has 1 aliphatic heterocycles. The molecule has 0 amide bonds. The van der Waals surface area contributed by atoms with Crippen LogP contribution in [0.2, 0.25) is 0 Å². The van der Waals surface area contributed by atoms with Crippen LogP contribution in [0.3, 0.4) is 0 Å². The van der Waals surface area contributed by atoms with Crippen LogP contribution in [0, 0.1) is 0 Å². The lowest BCUT2D eigenvalue weighted by Gasteiger charge is -2.36. The first-order valence-corrected chi connectivity index (χ1v) is 9.51. The molecule has 1 saturated heterocycles. The Morgan fingerprint density at radius 2 is 1.48 bits per heavy atom. The highest BCUT2D eigenvalue weighted by atomic mass is 79.9. The molecule has 3 nitrogen and oxygen atoms in total. The van der Waals surface area contributed by atoms with Gasteiger partial charge in [-0.2, -0.15) is 13.2 Å². The Kier molecular flexibility index (Phi) is 9.96. The molecule has 0 aromatic heterocycles. The fraction of sp³-hybridized carbons (Fsp3) is 0.368. The molecule has 0 spiro atoms. The third-order valence-corrected chi connectivity index (χ3v) is 5.29. The maximum atomic E-state index is 13.3. The molecule has 0 unspecified atom stereocenters. The molecular formula is C19H19BrCl2F6N2O. The molecule has 1 N–H and O–H groups in total. The molecule has 174 valence electrons. The van der Waals surface area contributed by atoms with Crippen molar-refractivity contribution in [3.8, 4) is 5.75 Å². The Morgan fingerprint density at radius 3 is 2.00 bits per heavy atom.